The van der Waals surface area contributed by atoms with Crippen LogP contribution in [0.15, 0.2) is 24.3 Å². The molecule has 14 heavy (non-hydrogen) atoms. The largest absolute Gasteiger partial charge is 0.466 e. The zero-order valence-electron chi connectivity index (χ0n) is 8.74. The Morgan fingerprint density at radius 2 is 2.29 bits per heavy atom. The highest BCUT2D eigenvalue weighted by molar-refractivity contribution is 5.81. The molecule has 1 unspecified atom stereocenters. The Labute approximate surface area is 85.6 Å². The number of hydrogen-bond acceptors (Lipinski definition) is 2. The van der Waals surface area contributed by atoms with Crippen molar-refractivity contribution in [2.45, 2.75) is 32.1 Å². The van der Waals surface area contributed by atoms with Gasteiger partial charge in [0.05, 0.1) is 7.11 Å². The van der Waals surface area contributed by atoms with Crippen molar-refractivity contribution < 1.29 is 9.53 Å². The Kier molecular flexibility index (Phi) is 5.05. The number of methoxy groups -OCH3 is 1. The van der Waals surface area contributed by atoms with Gasteiger partial charge in [-0.25, -0.2) is 4.79 Å². The lowest BCUT2D eigenvalue weighted by Gasteiger charge is -2.10. The summed E-state index contributed by atoms with van der Waals surface area (Å²) in [5, 5.41) is 0. The van der Waals surface area contributed by atoms with Crippen LogP contribution in [-0.4, -0.2) is 13.1 Å². The molecule has 0 N–H and O–H groups in total. The molecule has 0 aliphatic heterocycles. The fourth-order valence-electron chi connectivity index (χ4n) is 1.62. The zero-order valence-corrected chi connectivity index (χ0v) is 8.74. The van der Waals surface area contributed by atoms with Crippen molar-refractivity contribution in [2.75, 3.05) is 7.11 Å². The fraction of sp³-hybridized carbons (Fsp3) is 0.583. The first-order valence-electron chi connectivity index (χ1n) is 5.26. The van der Waals surface area contributed by atoms with Crippen molar-refractivity contribution in [3.05, 3.63) is 24.3 Å². The minimum absolute atomic E-state index is 0.263. The van der Waals surface area contributed by atoms with Crippen LogP contribution >= 0.6 is 0 Å². The van der Waals surface area contributed by atoms with E-state index in [-0.39, 0.29) is 5.97 Å². The molecule has 0 saturated heterocycles. The topological polar surface area (TPSA) is 26.3 Å². The van der Waals surface area contributed by atoms with Crippen LogP contribution in [-0.2, 0) is 9.53 Å². The summed E-state index contributed by atoms with van der Waals surface area (Å²) in [6.45, 7) is 0. The van der Waals surface area contributed by atoms with Crippen LogP contribution in [0.25, 0.3) is 0 Å². The summed E-state index contributed by atoms with van der Waals surface area (Å²) in [5.41, 5.74) is 0. The van der Waals surface area contributed by atoms with Crippen molar-refractivity contribution in [1.29, 1.82) is 0 Å². The van der Waals surface area contributed by atoms with Gasteiger partial charge in [0.25, 0.3) is 0 Å². The Balaban J connectivity index is 2.44. The molecule has 0 aromatic carbocycles. The molecule has 0 amide bonds. The van der Waals surface area contributed by atoms with Crippen LogP contribution < -0.4 is 0 Å². The first-order valence-corrected chi connectivity index (χ1v) is 5.26. The Morgan fingerprint density at radius 3 is 3.07 bits per heavy atom. The maximum absolute atomic E-state index is 10.9. The van der Waals surface area contributed by atoms with Gasteiger partial charge in [0.2, 0.25) is 0 Å². The summed E-state index contributed by atoms with van der Waals surface area (Å²) < 4.78 is 4.55. The van der Waals surface area contributed by atoms with Crippen LogP contribution in [0.3, 0.4) is 0 Å². The van der Waals surface area contributed by atoms with Crippen molar-refractivity contribution >= 4 is 5.97 Å². The second-order valence-electron chi connectivity index (χ2n) is 3.61. The third-order valence-electron chi connectivity index (χ3n) is 2.47. The minimum Gasteiger partial charge on any atom is -0.466 e. The van der Waals surface area contributed by atoms with E-state index in [1.54, 1.807) is 0 Å². The molecule has 0 fully saturated rings. The molecular formula is C12H18O2. The number of esters is 1. The van der Waals surface area contributed by atoms with Gasteiger partial charge >= 0.3 is 5.97 Å². The van der Waals surface area contributed by atoms with E-state index in [4.69, 9.17) is 0 Å². The van der Waals surface area contributed by atoms with Crippen molar-refractivity contribution in [2.24, 2.45) is 5.92 Å². The summed E-state index contributed by atoms with van der Waals surface area (Å²) in [4.78, 5) is 10.9. The molecule has 0 heterocycles. The Bertz CT molecular complexity index is 228. The molecule has 1 aliphatic rings. The van der Waals surface area contributed by atoms with E-state index in [0.29, 0.717) is 5.92 Å². The Hall–Kier alpha value is -1.05. The van der Waals surface area contributed by atoms with Gasteiger partial charge in [-0.2, -0.15) is 0 Å². The van der Waals surface area contributed by atoms with Gasteiger partial charge in [-0.05, 0) is 25.2 Å². The maximum atomic E-state index is 10.9. The predicted molar refractivity (Wildman–Crippen MR) is 56.9 cm³/mol. The van der Waals surface area contributed by atoms with E-state index in [2.05, 4.69) is 16.9 Å². The molecule has 0 aromatic rings. The van der Waals surface area contributed by atoms with Crippen LogP contribution in [0.4, 0.5) is 0 Å². The highest BCUT2D eigenvalue weighted by Crippen LogP contribution is 2.17. The predicted octanol–water partition coefficient (Wildman–Crippen LogP) is 2.85. The lowest BCUT2D eigenvalue weighted by molar-refractivity contribution is -0.134. The number of hydrogen-bond donors (Lipinski definition) is 0. The van der Waals surface area contributed by atoms with Crippen LogP contribution in [0.1, 0.15) is 32.1 Å². The van der Waals surface area contributed by atoms with Gasteiger partial charge in [0, 0.05) is 6.08 Å². The van der Waals surface area contributed by atoms with E-state index in [0.717, 1.165) is 6.42 Å². The van der Waals surface area contributed by atoms with Gasteiger partial charge in [0.15, 0.2) is 0 Å². The number of ether oxygens (including phenoxy) is 1. The van der Waals surface area contributed by atoms with Gasteiger partial charge in [0.1, 0.15) is 0 Å². The average Bonchev–Trinajstić information content (AvgIpc) is 2.15. The maximum Gasteiger partial charge on any atom is 0.330 e. The monoisotopic (exact) mass is 194 g/mol. The van der Waals surface area contributed by atoms with E-state index in [1.165, 1.54) is 38.9 Å². The fourth-order valence-corrected chi connectivity index (χ4v) is 1.62. The first-order chi connectivity index (χ1) is 6.83. The standard InChI is InChI=1S/C12H18O2/c1-14-12(13)10-9-11-7-5-3-2-4-6-8-11/h5,7,9-11H,2-4,6,8H2,1H3. The van der Waals surface area contributed by atoms with Crippen molar-refractivity contribution in [1.82, 2.24) is 0 Å². The average molecular weight is 194 g/mol. The van der Waals surface area contributed by atoms with Crippen LogP contribution in [0, 0.1) is 5.92 Å². The van der Waals surface area contributed by atoms with E-state index < -0.39 is 0 Å². The highest BCUT2D eigenvalue weighted by Gasteiger charge is 2.03. The highest BCUT2D eigenvalue weighted by atomic mass is 16.5. The van der Waals surface area contributed by atoms with Crippen molar-refractivity contribution in [3.8, 4) is 0 Å². The van der Waals surface area contributed by atoms with Crippen LogP contribution in [0.5, 0.6) is 0 Å². The molecule has 1 aliphatic carbocycles. The lowest BCUT2D eigenvalue weighted by atomic mass is 9.96. The van der Waals surface area contributed by atoms with Gasteiger partial charge < -0.3 is 4.74 Å². The molecule has 1 atom stereocenters. The van der Waals surface area contributed by atoms with Gasteiger partial charge in [-0.15, -0.1) is 0 Å². The summed E-state index contributed by atoms with van der Waals surface area (Å²) in [6, 6.07) is 0. The SMILES string of the molecule is COC(=O)C=CC1C=CCCCCC1. The third kappa shape index (κ3) is 4.26. The zero-order chi connectivity index (χ0) is 10.2. The molecule has 0 spiro atoms. The van der Waals surface area contributed by atoms with E-state index in [1.807, 2.05) is 6.08 Å². The van der Waals surface area contributed by atoms with Crippen LogP contribution in [0.2, 0.25) is 0 Å². The van der Waals surface area contributed by atoms with Crippen molar-refractivity contribution in [3.63, 3.8) is 0 Å². The molecule has 78 valence electrons. The van der Waals surface area contributed by atoms with E-state index >= 15 is 0 Å². The second-order valence-corrected chi connectivity index (χ2v) is 3.61. The summed E-state index contributed by atoms with van der Waals surface area (Å²) in [5.74, 6) is 0.148. The Morgan fingerprint density at radius 1 is 1.43 bits per heavy atom. The number of allylic oxidation sites excluding steroid dienone is 3. The summed E-state index contributed by atoms with van der Waals surface area (Å²) in [7, 11) is 1.40. The molecule has 2 heteroatoms. The minimum atomic E-state index is -0.263. The van der Waals surface area contributed by atoms with Gasteiger partial charge in [-0.1, -0.05) is 31.1 Å². The number of rotatable bonds is 2. The molecule has 0 saturated carbocycles. The normalized spacial score (nSPS) is 23.1. The van der Waals surface area contributed by atoms with E-state index in [9.17, 15) is 4.79 Å². The molecule has 0 aromatic heterocycles. The first kappa shape index (κ1) is 11.0. The number of carbonyl (C=O) groups is 1. The smallest absolute Gasteiger partial charge is 0.330 e. The molecule has 0 bridgehead atoms. The molecule has 0 radical (unpaired) electrons. The third-order valence-corrected chi connectivity index (χ3v) is 2.47. The molecule has 1 rings (SSSR count). The summed E-state index contributed by atoms with van der Waals surface area (Å²) >= 11 is 0. The lowest BCUT2D eigenvalue weighted by Crippen LogP contribution is -1.99. The quantitative estimate of drug-likeness (QED) is 0.384. The molecule has 2 nitrogen and oxygen atoms in total. The number of carbonyl (C=O) groups excluding carboxylic acids is 1. The van der Waals surface area contributed by atoms with Gasteiger partial charge in [-0.3, -0.25) is 0 Å². The second kappa shape index (κ2) is 6.41. The summed E-state index contributed by atoms with van der Waals surface area (Å²) in [6.07, 6.45) is 14.0. The molecular weight excluding hydrogens is 176 g/mol.